The van der Waals surface area contributed by atoms with Gasteiger partial charge in [0.2, 0.25) is 5.91 Å². The lowest BCUT2D eigenvalue weighted by atomic mass is 10.1. The number of carbonyl (C=O) groups is 1. The standard InChI is InChI=1S/C18H16N2O4S2/c1-26(22,23)24-16-4-2-3-13(9-16)10-18(21)20-15-11-17(25-12-15)14-5-7-19-8-6-14/h2-9,11-12H,10H2,1H3,(H,20,21). The van der Waals surface area contributed by atoms with Gasteiger partial charge in [0.1, 0.15) is 5.75 Å². The Morgan fingerprint density at radius 2 is 1.96 bits per heavy atom. The van der Waals surface area contributed by atoms with Crippen molar-refractivity contribution in [3.8, 4) is 16.2 Å². The Bertz CT molecular complexity index is 1010. The number of carbonyl (C=O) groups excluding carboxylic acids is 1. The molecule has 1 N–H and O–H groups in total. The van der Waals surface area contributed by atoms with Gasteiger partial charge in [0.15, 0.2) is 0 Å². The van der Waals surface area contributed by atoms with Gasteiger partial charge in [0, 0.05) is 22.7 Å². The van der Waals surface area contributed by atoms with Crippen molar-refractivity contribution in [2.24, 2.45) is 0 Å². The number of nitrogens with one attached hydrogen (secondary N) is 1. The van der Waals surface area contributed by atoms with E-state index >= 15 is 0 Å². The summed E-state index contributed by atoms with van der Waals surface area (Å²) < 4.78 is 27.2. The van der Waals surface area contributed by atoms with Gasteiger partial charge in [-0.3, -0.25) is 9.78 Å². The Balaban J connectivity index is 1.65. The molecule has 0 unspecified atom stereocenters. The molecule has 0 aliphatic carbocycles. The Morgan fingerprint density at radius 1 is 1.19 bits per heavy atom. The van der Waals surface area contributed by atoms with Crippen molar-refractivity contribution in [2.75, 3.05) is 11.6 Å². The van der Waals surface area contributed by atoms with Crippen LogP contribution in [-0.4, -0.2) is 25.6 Å². The average Bonchev–Trinajstić information content (AvgIpc) is 3.02. The minimum Gasteiger partial charge on any atom is -0.383 e. The molecule has 1 aromatic carbocycles. The minimum atomic E-state index is -3.60. The molecule has 134 valence electrons. The highest BCUT2D eigenvalue weighted by Gasteiger charge is 2.09. The molecule has 0 saturated carbocycles. The summed E-state index contributed by atoms with van der Waals surface area (Å²) in [5.74, 6) is -0.00566. The topological polar surface area (TPSA) is 85.4 Å². The Kier molecular flexibility index (Phi) is 5.34. The molecule has 0 bridgehead atoms. The summed E-state index contributed by atoms with van der Waals surface area (Å²) in [4.78, 5) is 17.3. The second-order valence-electron chi connectivity index (χ2n) is 5.60. The monoisotopic (exact) mass is 388 g/mol. The smallest absolute Gasteiger partial charge is 0.306 e. The van der Waals surface area contributed by atoms with Gasteiger partial charge in [0.05, 0.1) is 18.4 Å². The maximum Gasteiger partial charge on any atom is 0.306 e. The highest BCUT2D eigenvalue weighted by Crippen LogP contribution is 2.29. The number of aromatic nitrogens is 1. The maximum absolute atomic E-state index is 12.2. The van der Waals surface area contributed by atoms with Gasteiger partial charge in [-0.05, 0) is 41.5 Å². The molecule has 6 nitrogen and oxygen atoms in total. The number of pyridine rings is 1. The van der Waals surface area contributed by atoms with E-state index in [0.717, 1.165) is 22.4 Å². The summed E-state index contributed by atoms with van der Waals surface area (Å²) in [6.07, 6.45) is 4.53. The fourth-order valence-electron chi connectivity index (χ4n) is 2.34. The average molecular weight is 388 g/mol. The summed E-state index contributed by atoms with van der Waals surface area (Å²) in [6, 6.07) is 12.2. The number of hydrogen-bond acceptors (Lipinski definition) is 6. The van der Waals surface area contributed by atoms with Crippen LogP contribution in [0.3, 0.4) is 0 Å². The van der Waals surface area contributed by atoms with E-state index in [1.807, 2.05) is 23.6 Å². The second kappa shape index (κ2) is 7.67. The van der Waals surface area contributed by atoms with E-state index < -0.39 is 10.1 Å². The Hall–Kier alpha value is -2.71. The number of amides is 1. The number of anilines is 1. The van der Waals surface area contributed by atoms with E-state index in [1.54, 1.807) is 24.5 Å². The lowest BCUT2D eigenvalue weighted by Crippen LogP contribution is -2.14. The number of benzene rings is 1. The number of nitrogens with zero attached hydrogens (tertiary/aromatic N) is 1. The van der Waals surface area contributed by atoms with Gasteiger partial charge in [0.25, 0.3) is 0 Å². The SMILES string of the molecule is CS(=O)(=O)Oc1cccc(CC(=O)Nc2csc(-c3ccncc3)c2)c1. The predicted octanol–water partition coefficient (Wildman–Crippen LogP) is 3.33. The van der Waals surface area contributed by atoms with Crippen molar-refractivity contribution in [3.05, 3.63) is 65.8 Å². The van der Waals surface area contributed by atoms with Gasteiger partial charge < -0.3 is 9.50 Å². The van der Waals surface area contributed by atoms with Gasteiger partial charge in [-0.15, -0.1) is 11.3 Å². The van der Waals surface area contributed by atoms with Crippen LogP contribution in [0.1, 0.15) is 5.56 Å². The molecule has 1 amide bonds. The summed E-state index contributed by atoms with van der Waals surface area (Å²) in [6.45, 7) is 0. The molecular weight excluding hydrogens is 372 g/mol. The van der Waals surface area contributed by atoms with Crippen LogP contribution in [0.2, 0.25) is 0 Å². The summed E-state index contributed by atoms with van der Waals surface area (Å²) >= 11 is 1.53. The van der Waals surface area contributed by atoms with Crippen molar-refractivity contribution in [2.45, 2.75) is 6.42 Å². The van der Waals surface area contributed by atoms with Crippen molar-refractivity contribution in [3.63, 3.8) is 0 Å². The fourth-order valence-corrected chi connectivity index (χ4v) is 3.64. The zero-order valence-electron chi connectivity index (χ0n) is 13.9. The predicted molar refractivity (Wildman–Crippen MR) is 102 cm³/mol. The molecule has 0 saturated heterocycles. The van der Waals surface area contributed by atoms with Crippen LogP contribution >= 0.6 is 11.3 Å². The Morgan fingerprint density at radius 3 is 2.69 bits per heavy atom. The van der Waals surface area contributed by atoms with Crippen LogP contribution in [0, 0.1) is 0 Å². The molecule has 8 heteroatoms. The first kappa shape index (κ1) is 18.1. The van der Waals surface area contributed by atoms with Crippen LogP contribution in [-0.2, 0) is 21.3 Å². The van der Waals surface area contributed by atoms with Crippen molar-refractivity contribution < 1.29 is 17.4 Å². The first-order chi connectivity index (χ1) is 12.4. The molecule has 26 heavy (non-hydrogen) atoms. The first-order valence-electron chi connectivity index (χ1n) is 7.66. The molecule has 2 heterocycles. The second-order valence-corrected chi connectivity index (χ2v) is 8.08. The van der Waals surface area contributed by atoms with Gasteiger partial charge >= 0.3 is 10.1 Å². The van der Waals surface area contributed by atoms with E-state index in [9.17, 15) is 13.2 Å². The Labute approximate surface area is 155 Å². The zero-order valence-corrected chi connectivity index (χ0v) is 15.5. The van der Waals surface area contributed by atoms with E-state index in [2.05, 4.69) is 10.3 Å². The van der Waals surface area contributed by atoms with Crippen molar-refractivity contribution in [1.82, 2.24) is 4.98 Å². The molecule has 0 spiro atoms. The molecule has 0 aliphatic rings. The third-order valence-electron chi connectivity index (χ3n) is 3.36. The quantitative estimate of drug-likeness (QED) is 0.655. The molecule has 0 atom stereocenters. The van der Waals surface area contributed by atoms with Crippen LogP contribution in [0.5, 0.6) is 5.75 Å². The van der Waals surface area contributed by atoms with Crippen LogP contribution in [0.15, 0.2) is 60.2 Å². The van der Waals surface area contributed by atoms with Crippen molar-refractivity contribution >= 4 is 33.0 Å². The molecule has 2 aromatic heterocycles. The largest absolute Gasteiger partial charge is 0.383 e. The zero-order chi connectivity index (χ0) is 18.6. The van der Waals surface area contributed by atoms with Gasteiger partial charge in [-0.25, -0.2) is 0 Å². The number of rotatable bonds is 6. The molecule has 3 rings (SSSR count). The maximum atomic E-state index is 12.2. The van der Waals surface area contributed by atoms with E-state index in [4.69, 9.17) is 4.18 Å². The number of thiophene rings is 1. The summed E-state index contributed by atoms with van der Waals surface area (Å²) in [5.41, 5.74) is 2.42. The van der Waals surface area contributed by atoms with Crippen LogP contribution in [0.4, 0.5) is 5.69 Å². The lowest BCUT2D eigenvalue weighted by Gasteiger charge is -2.06. The molecule has 0 radical (unpaired) electrons. The van der Waals surface area contributed by atoms with Crippen LogP contribution < -0.4 is 9.50 Å². The van der Waals surface area contributed by atoms with Crippen LogP contribution in [0.25, 0.3) is 10.4 Å². The highest BCUT2D eigenvalue weighted by molar-refractivity contribution is 7.86. The molecule has 0 fully saturated rings. The van der Waals surface area contributed by atoms with E-state index in [-0.39, 0.29) is 18.1 Å². The normalized spacial score (nSPS) is 11.1. The molecule has 0 aliphatic heterocycles. The van der Waals surface area contributed by atoms with Gasteiger partial charge in [-0.2, -0.15) is 8.42 Å². The minimum absolute atomic E-state index is 0.112. The summed E-state index contributed by atoms with van der Waals surface area (Å²) in [5, 5.41) is 4.72. The number of hydrogen-bond donors (Lipinski definition) is 1. The highest BCUT2D eigenvalue weighted by atomic mass is 32.2. The third-order valence-corrected chi connectivity index (χ3v) is 4.83. The lowest BCUT2D eigenvalue weighted by molar-refractivity contribution is -0.115. The summed E-state index contributed by atoms with van der Waals surface area (Å²) in [7, 11) is -3.60. The third kappa shape index (κ3) is 5.14. The van der Waals surface area contributed by atoms with Crippen molar-refractivity contribution in [1.29, 1.82) is 0 Å². The van der Waals surface area contributed by atoms with E-state index in [0.29, 0.717) is 5.56 Å². The van der Waals surface area contributed by atoms with E-state index in [1.165, 1.54) is 23.5 Å². The molecule has 3 aromatic rings. The fraction of sp³-hybridized carbons (Fsp3) is 0.111. The van der Waals surface area contributed by atoms with Gasteiger partial charge in [-0.1, -0.05) is 12.1 Å². The first-order valence-corrected chi connectivity index (χ1v) is 10.4. The molecular formula is C18H16N2O4S2.